The monoisotopic (exact) mass is 298 g/mol. The molecule has 1 aliphatic rings. The molecule has 0 amide bonds. The third kappa shape index (κ3) is 4.82. The number of hydrogen-bond donors (Lipinski definition) is 1. The van der Waals surface area contributed by atoms with Crippen LogP contribution in [0.1, 0.15) is 53.9 Å². The lowest BCUT2D eigenvalue weighted by atomic mass is 9.93. The number of allylic oxidation sites excluding steroid dienone is 1. The van der Waals surface area contributed by atoms with E-state index in [2.05, 4.69) is 19.9 Å². The van der Waals surface area contributed by atoms with Crippen LogP contribution in [0.4, 0.5) is 0 Å². The second-order valence-electron chi connectivity index (χ2n) is 6.68. The first-order valence-corrected chi connectivity index (χ1v) is 7.81. The van der Waals surface area contributed by atoms with Gasteiger partial charge in [-0.05, 0) is 51.5 Å². The number of methoxy groups -OCH3 is 1. The third-order valence-electron chi connectivity index (χ3n) is 4.58. The first-order valence-electron chi connectivity index (χ1n) is 7.81. The van der Waals surface area contributed by atoms with E-state index in [0.29, 0.717) is 5.92 Å². The van der Waals surface area contributed by atoms with Crippen LogP contribution in [0.3, 0.4) is 0 Å². The highest BCUT2D eigenvalue weighted by Crippen LogP contribution is 2.36. The second-order valence-corrected chi connectivity index (χ2v) is 6.68. The molecule has 1 heterocycles. The molecule has 1 fully saturated rings. The Balaban J connectivity index is 2.59. The summed E-state index contributed by atoms with van der Waals surface area (Å²) in [5.41, 5.74) is 0.742. The van der Waals surface area contributed by atoms with Gasteiger partial charge in [-0.25, -0.2) is 0 Å². The van der Waals surface area contributed by atoms with Crippen molar-refractivity contribution in [1.82, 2.24) is 0 Å². The third-order valence-corrected chi connectivity index (χ3v) is 4.58. The van der Waals surface area contributed by atoms with E-state index >= 15 is 0 Å². The fourth-order valence-electron chi connectivity index (χ4n) is 2.97. The van der Waals surface area contributed by atoms with E-state index in [1.54, 1.807) is 6.92 Å². The first kappa shape index (κ1) is 18.2. The van der Waals surface area contributed by atoms with E-state index in [1.165, 1.54) is 12.7 Å². The minimum absolute atomic E-state index is 0.0699. The fourth-order valence-corrected chi connectivity index (χ4v) is 2.97. The van der Waals surface area contributed by atoms with Gasteiger partial charge in [0.15, 0.2) is 0 Å². The first-order chi connectivity index (χ1) is 9.69. The topological polar surface area (TPSA) is 55.8 Å². The van der Waals surface area contributed by atoms with E-state index in [1.807, 2.05) is 13.8 Å². The molecule has 0 unspecified atom stereocenters. The average Bonchev–Trinajstić information content (AvgIpc) is 2.81. The summed E-state index contributed by atoms with van der Waals surface area (Å²) in [5.74, 6) is 0.0362. The Labute approximate surface area is 128 Å². The highest BCUT2D eigenvalue weighted by atomic mass is 16.5. The minimum Gasteiger partial charge on any atom is -0.469 e. The van der Waals surface area contributed by atoms with Crippen molar-refractivity contribution in [3.8, 4) is 0 Å². The van der Waals surface area contributed by atoms with E-state index in [9.17, 15) is 9.90 Å². The Bertz CT molecular complexity index is 388. The number of ether oxygens (including phenoxy) is 2. The SMILES string of the molecule is COC(=O)[C@H](C)C[C@@H](C)/C=C(\C)[C@H]1CC[C@@](C)([C@H](C)O)O1. The second kappa shape index (κ2) is 7.41. The van der Waals surface area contributed by atoms with Crippen molar-refractivity contribution in [1.29, 1.82) is 0 Å². The van der Waals surface area contributed by atoms with Crippen molar-refractivity contribution in [2.75, 3.05) is 7.11 Å². The summed E-state index contributed by atoms with van der Waals surface area (Å²) in [6.45, 7) is 9.81. The van der Waals surface area contributed by atoms with Gasteiger partial charge in [0.1, 0.15) is 0 Å². The molecule has 4 heteroatoms. The van der Waals surface area contributed by atoms with Gasteiger partial charge in [0.05, 0.1) is 30.8 Å². The molecule has 0 aromatic rings. The van der Waals surface area contributed by atoms with Crippen LogP contribution in [-0.4, -0.2) is 36.0 Å². The molecule has 5 atom stereocenters. The van der Waals surface area contributed by atoms with Crippen LogP contribution in [0.2, 0.25) is 0 Å². The van der Waals surface area contributed by atoms with Gasteiger partial charge < -0.3 is 14.6 Å². The fraction of sp³-hybridized carbons (Fsp3) is 0.824. The van der Waals surface area contributed by atoms with E-state index < -0.39 is 11.7 Å². The van der Waals surface area contributed by atoms with Crippen LogP contribution in [0.15, 0.2) is 11.6 Å². The van der Waals surface area contributed by atoms with Crippen molar-refractivity contribution >= 4 is 5.97 Å². The summed E-state index contributed by atoms with van der Waals surface area (Å²) >= 11 is 0. The minimum atomic E-state index is -0.466. The maximum Gasteiger partial charge on any atom is 0.308 e. The van der Waals surface area contributed by atoms with Gasteiger partial charge >= 0.3 is 5.97 Å². The Morgan fingerprint density at radius 2 is 2.10 bits per heavy atom. The van der Waals surface area contributed by atoms with Crippen LogP contribution in [0, 0.1) is 11.8 Å². The molecule has 4 nitrogen and oxygen atoms in total. The molecule has 0 aromatic heterocycles. The highest BCUT2D eigenvalue weighted by Gasteiger charge is 2.40. The molecule has 1 rings (SSSR count). The lowest BCUT2D eigenvalue weighted by Gasteiger charge is -2.28. The molecule has 122 valence electrons. The summed E-state index contributed by atoms with van der Waals surface area (Å²) in [6, 6.07) is 0. The predicted octanol–water partition coefficient (Wildman–Crippen LogP) is 3.09. The van der Waals surface area contributed by atoms with E-state index in [4.69, 9.17) is 9.47 Å². The quantitative estimate of drug-likeness (QED) is 0.605. The van der Waals surface area contributed by atoms with Crippen LogP contribution < -0.4 is 0 Å². The number of hydrogen-bond acceptors (Lipinski definition) is 4. The molecule has 1 saturated heterocycles. The molecule has 0 radical (unpaired) electrons. The number of carbonyl (C=O) groups is 1. The normalized spacial score (nSPS) is 30.8. The van der Waals surface area contributed by atoms with Crippen LogP contribution in [0.25, 0.3) is 0 Å². The van der Waals surface area contributed by atoms with Crippen molar-refractivity contribution in [3.63, 3.8) is 0 Å². The summed E-state index contributed by atoms with van der Waals surface area (Å²) in [6.07, 6.45) is 4.35. The molecule has 21 heavy (non-hydrogen) atoms. The van der Waals surface area contributed by atoms with Gasteiger partial charge in [0.2, 0.25) is 0 Å². The Morgan fingerprint density at radius 3 is 2.57 bits per heavy atom. The number of aliphatic hydroxyl groups excluding tert-OH is 1. The zero-order valence-corrected chi connectivity index (χ0v) is 14.2. The van der Waals surface area contributed by atoms with E-state index in [-0.39, 0.29) is 18.0 Å². The molecule has 0 spiro atoms. The van der Waals surface area contributed by atoms with Crippen molar-refractivity contribution in [3.05, 3.63) is 11.6 Å². The number of carbonyl (C=O) groups excluding carboxylic acids is 1. The maximum absolute atomic E-state index is 11.5. The lowest BCUT2D eigenvalue weighted by molar-refractivity contribution is -0.145. The smallest absolute Gasteiger partial charge is 0.308 e. The summed E-state index contributed by atoms with van der Waals surface area (Å²) in [7, 11) is 1.42. The van der Waals surface area contributed by atoms with Gasteiger partial charge in [-0.15, -0.1) is 0 Å². The largest absolute Gasteiger partial charge is 0.469 e. The lowest BCUT2D eigenvalue weighted by Crippen LogP contribution is -2.37. The van der Waals surface area contributed by atoms with Gasteiger partial charge in [-0.2, -0.15) is 0 Å². The molecular weight excluding hydrogens is 268 g/mol. The number of rotatable bonds is 6. The highest BCUT2D eigenvalue weighted by molar-refractivity contribution is 5.71. The Kier molecular flexibility index (Phi) is 6.41. The average molecular weight is 298 g/mol. The van der Waals surface area contributed by atoms with Crippen LogP contribution in [-0.2, 0) is 14.3 Å². The molecule has 1 aliphatic heterocycles. The van der Waals surface area contributed by atoms with Crippen LogP contribution >= 0.6 is 0 Å². The molecule has 1 N–H and O–H groups in total. The zero-order valence-electron chi connectivity index (χ0n) is 14.2. The Hall–Kier alpha value is -0.870. The van der Waals surface area contributed by atoms with Crippen molar-refractivity contribution in [2.45, 2.75) is 71.7 Å². The molecule has 0 aliphatic carbocycles. The number of aliphatic hydroxyl groups is 1. The zero-order chi connectivity index (χ0) is 16.2. The Morgan fingerprint density at radius 1 is 1.48 bits per heavy atom. The summed E-state index contributed by atoms with van der Waals surface area (Å²) < 4.78 is 10.8. The summed E-state index contributed by atoms with van der Waals surface area (Å²) in [5, 5.41) is 9.80. The van der Waals surface area contributed by atoms with Crippen molar-refractivity contribution < 1.29 is 19.4 Å². The van der Waals surface area contributed by atoms with Gasteiger partial charge in [-0.3, -0.25) is 4.79 Å². The van der Waals surface area contributed by atoms with Crippen molar-refractivity contribution in [2.24, 2.45) is 11.8 Å². The van der Waals surface area contributed by atoms with E-state index in [0.717, 1.165) is 19.3 Å². The molecule has 0 saturated carbocycles. The molecule has 0 bridgehead atoms. The molecule has 0 aromatic carbocycles. The predicted molar refractivity (Wildman–Crippen MR) is 82.9 cm³/mol. The summed E-state index contributed by atoms with van der Waals surface area (Å²) in [4.78, 5) is 11.5. The standard InChI is InChI=1S/C17H30O4/c1-11(10-13(3)16(19)20-6)9-12(2)15-7-8-17(5,21-15)14(4)18/h9,11,13-15,18H,7-8,10H2,1-6H3/b12-9+/t11-,13+,14-,15+,17-/m0/s1. The van der Waals surface area contributed by atoms with Crippen LogP contribution in [0.5, 0.6) is 0 Å². The van der Waals surface area contributed by atoms with Gasteiger partial charge in [-0.1, -0.05) is 19.9 Å². The van der Waals surface area contributed by atoms with Gasteiger partial charge in [0.25, 0.3) is 0 Å². The number of esters is 1. The maximum atomic E-state index is 11.5. The van der Waals surface area contributed by atoms with Gasteiger partial charge in [0, 0.05) is 0 Å². The molecular formula is C17H30O4.